The molecule has 0 bridgehead atoms. The largest absolute Gasteiger partial charge is 0.495 e. The topological polar surface area (TPSA) is 71.0 Å². The van der Waals surface area contributed by atoms with Gasteiger partial charge in [-0.05, 0) is 68.6 Å². The number of nitrogens with one attached hydrogen (secondary N) is 2. The highest BCUT2D eigenvalue weighted by atomic mass is 19.4. The number of benzene rings is 2. The molecule has 0 saturated carbocycles. The summed E-state index contributed by atoms with van der Waals surface area (Å²) in [5, 5.41) is 6.95. The van der Waals surface area contributed by atoms with E-state index in [1.165, 1.54) is 7.11 Å². The number of hydrogen-bond acceptors (Lipinski definition) is 6. The molecule has 4 heterocycles. The molecule has 1 amide bonds. The summed E-state index contributed by atoms with van der Waals surface area (Å²) in [5.41, 5.74) is 2.46. The van der Waals surface area contributed by atoms with E-state index in [4.69, 9.17) is 9.47 Å². The monoisotopic (exact) mass is 641 g/mol. The normalized spacial score (nSPS) is 21.4. The SMILES string of the molecule is COc1cc(C(=O)N2CC3(CCOCC3)C2)ccc1NCC#Cc1cc2c(N[C@@H]3CCN(C)C[C@@H]3F)cccc2n1CC(F)(F)F. The number of amides is 1. The molecule has 246 valence electrons. The van der Waals surface area contributed by atoms with Crippen LogP contribution in [0.25, 0.3) is 10.9 Å². The van der Waals surface area contributed by atoms with Gasteiger partial charge in [0.25, 0.3) is 5.91 Å². The molecule has 2 N–H and O–H groups in total. The molecular formula is C34H39F4N5O3. The third kappa shape index (κ3) is 6.90. The number of halogens is 4. The van der Waals surface area contributed by atoms with Crippen molar-refractivity contribution >= 4 is 28.2 Å². The van der Waals surface area contributed by atoms with Crippen LogP contribution in [0.2, 0.25) is 0 Å². The second-order valence-electron chi connectivity index (χ2n) is 12.6. The predicted octanol–water partition coefficient (Wildman–Crippen LogP) is 5.38. The Morgan fingerprint density at radius 3 is 2.63 bits per heavy atom. The van der Waals surface area contributed by atoms with Crippen molar-refractivity contribution in [1.29, 1.82) is 0 Å². The first-order valence-corrected chi connectivity index (χ1v) is 15.6. The van der Waals surface area contributed by atoms with Gasteiger partial charge in [0, 0.05) is 61.4 Å². The minimum absolute atomic E-state index is 0.0500. The van der Waals surface area contributed by atoms with Gasteiger partial charge in [-0.15, -0.1) is 0 Å². The summed E-state index contributed by atoms with van der Waals surface area (Å²) in [6.07, 6.45) is -3.03. The van der Waals surface area contributed by atoms with E-state index in [0.29, 0.717) is 46.6 Å². The highest BCUT2D eigenvalue weighted by Crippen LogP contribution is 2.41. The molecule has 12 heteroatoms. The number of aromatic nitrogens is 1. The lowest BCUT2D eigenvalue weighted by atomic mass is 9.73. The van der Waals surface area contributed by atoms with E-state index in [9.17, 15) is 22.4 Å². The number of likely N-dealkylation sites (tertiary alicyclic amines) is 2. The average Bonchev–Trinajstić information content (AvgIpc) is 3.35. The van der Waals surface area contributed by atoms with E-state index < -0.39 is 24.9 Å². The number of alkyl halides is 4. The molecule has 3 fully saturated rings. The lowest BCUT2D eigenvalue weighted by molar-refractivity contribution is -0.140. The molecule has 3 saturated heterocycles. The summed E-state index contributed by atoms with van der Waals surface area (Å²) in [5.74, 6) is 6.25. The van der Waals surface area contributed by atoms with Gasteiger partial charge in [-0.2, -0.15) is 13.2 Å². The number of ether oxygens (including phenoxy) is 2. The number of piperidine rings is 1. The molecule has 0 unspecified atom stereocenters. The first-order chi connectivity index (χ1) is 22.0. The number of nitrogens with zero attached hydrogens (tertiary/aromatic N) is 3. The van der Waals surface area contributed by atoms with Crippen molar-refractivity contribution in [2.75, 3.05) is 70.7 Å². The van der Waals surface area contributed by atoms with Gasteiger partial charge >= 0.3 is 6.18 Å². The lowest BCUT2D eigenvalue weighted by Gasteiger charge is -2.52. The summed E-state index contributed by atoms with van der Waals surface area (Å²) in [6, 6.07) is 11.4. The van der Waals surface area contributed by atoms with Gasteiger partial charge in [0.2, 0.25) is 0 Å². The summed E-state index contributed by atoms with van der Waals surface area (Å²) < 4.78 is 67.8. The van der Waals surface area contributed by atoms with E-state index in [1.54, 1.807) is 42.5 Å². The predicted molar refractivity (Wildman–Crippen MR) is 169 cm³/mol. The highest BCUT2D eigenvalue weighted by Gasteiger charge is 2.46. The van der Waals surface area contributed by atoms with E-state index in [-0.39, 0.29) is 23.6 Å². The molecule has 6 rings (SSSR count). The first-order valence-electron chi connectivity index (χ1n) is 15.6. The lowest BCUT2D eigenvalue weighted by Crippen LogP contribution is -2.60. The summed E-state index contributed by atoms with van der Waals surface area (Å²) in [6.45, 7) is 2.87. The van der Waals surface area contributed by atoms with Crippen LogP contribution in [-0.4, -0.2) is 98.8 Å². The second kappa shape index (κ2) is 13.0. The number of carbonyl (C=O) groups excluding carboxylic acids is 1. The highest BCUT2D eigenvalue weighted by molar-refractivity contribution is 5.96. The van der Waals surface area contributed by atoms with Gasteiger partial charge in [-0.25, -0.2) is 4.39 Å². The average molecular weight is 642 g/mol. The van der Waals surface area contributed by atoms with Crippen LogP contribution in [0.15, 0.2) is 42.5 Å². The van der Waals surface area contributed by atoms with Crippen molar-refractivity contribution in [3.05, 3.63) is 53.7 Å². The zero-order valence-electron chi connectivity index (χ0n) is 26.1. The van der Waals surface area contributed by atoms with Crippen molar-refractivity contribution in [2.45, 2.75) is 44.2 Å². The summed E-state index contributed by atoms with van der Waals surface area (Å²) in [7, 11) is 3.38. The minimum Gasteiger partial charge on any atom is -0.495 e. The molecular weight excluding hydrogens is 602 g/mol. The number of carbonyl (C=O) groups is 1. The minimum atomic E-state index is -4.46. The number of methoxy groups -OCH3 is 1. The fourth-order valence-electron chi connectivity index (χ4n) is 6.74. The van der Waals surface area contributed by atoms with Crippen LogP contribution in [-0.2, 0) is 11.3 Å². The van der Waals surface area contributed by atoms with Gasteiger partial charge in [0.05, 0.1) is 36.6 Å². The van der Waals surface area contributed by atoms with Gasteiger partial charge in [-0.3, -0.25) is 4.79 Å². The Morgan fingerprint density at radius 2 is 1.91 bits per heavy atom. The molecule has 8 nitrogen and oxygen atoms in total. The Morgan fingerprint density at radius 1 is 1.13 bits per heavy atom. The Hall–Kier alpha value is -3.95. The molecule has 0 radical (unpaired) electrons. The number of hydrogen-bond donors (Lipinski definition) is 2. The van der Waals surface area contributed by atoms with E-state index in [1.807, 2.05) is 16.8 Å². The fourth-order valence-corrected chi connectivity index (χ4v) is 6.74. The van der Waals surface area contributed by atoms with Crippen LogP contribution in [0.1, 0.15) is 35.3 Å². The quantitative estimate of drug-likeness (QED) is 0.267. The van der Waals surface area contributed by atoms with Gasteiger partial charge in [-0.1, -0.05) is 12.0 Å². The first kappa shape index (κ1) is 32.0. The van der Waals surface area contributed by atoms with Crippen LogP contribution < -0.4 is 15.4 Å². The third-order valence-electron chi connectivity index (χ3n) is 9.29. The van der Waals surface area contributed by atoms with E-state index in [0.717, 1.165) is 50.3 Å². The molecule has 3 aromatic rings. The standard InChI is InChI=1S/C34H39F4N5O3/c1-41-14-10-28(26(35)19-41)40-27-6-3-7-30-25(27)18-24(43(30)22-34(36,37)38)5-4-13-39-29-9-8-23(17-31(29)45-2)32(44)42-20-33(21-42)11-15-46-16-12-33/h3,6-9,17-18,26,28,39-40H,10-16,19-22H2,1-2H3/t26-,28+/m0/s1. The van der Waals surface area contributed by atoms with Crippen molar-refractivity contribution in [1.82, 2.24) is 14.4 Å². The van der Waals surface area contributed by atoms with Crippen LogP contribution in [0.3, 0.4) is 0 Å². The zero-order valence-corrected chi connectivity index (χ0v) is 26.1. The molecule has 2 aromatic carbocycles. The van der Waals surface area contributed by atoms with Gasteiger partial charge in [0.1, 0.15) is 18.5 Å². The van der Waals surface area contributed by atoms with Crippen LogP contribution in [0.5, 0.6) is 5.75 Å². The molecule has 3 aliphatic heterocycles. The van der Waals surface area contributed by atoms with Crippen molar-refractivity contribution in [3.63, 3.8) is 0 Å². The maximum absolute atomic E-state index is 14.8. The van der Waals surface area contributed by atoms with Crippen LogP contribution in [0.4, 0.5) is 28.9 Å². The van der Waals surface area contributed by atoms with Crippen molar-refractivity contribution < 1.29 is 31.8 Å². The molecule has 0 aliphatic carbocycles. The Bertz CT molecular complexity index is 1630. The van der Waals surface area contributed by atoms with Gasteiger partial charge < -0.3 is 34.5 Å². The molecule has 3 aliphatic rings. The maximum Gasteiger partial charge on any atom is 0.406 e. The second-order valence-corrected chi connectivity index (χ2v) is 12.6. The summed E-state index contributed by atoms with van der Waals surface area (Å²) in [4.78, 5) is 16.9. The van der Waals surface area contributed by atoms with E-state index >= 15 is 0 Å². The van der Waals surface area contributed by atoms with Crippen LogP contribution in [0, 0.1) is 17.3 Å². The number of rotatable bonds is 7. The number of anilines is 2. The zero-order chi connectivity index (χ0) is 32.5. The third-order valence-corrected chi connectivity index (χ3v) is 9.29. The Labute approximate surface area is 266 Å². The van der Waals surface area contributed by atoms with Gasteiger partial charge in [0.15, 0.2) is 0 Å². The summed E-state index contributed by atoms with van der Waals surface area (Å²) >= 11 is 0. The van der Waals surface area contributed by atoms with Crippen LogP contribution >= 0.6 is 0 Å². The molecule has 46 heavy (non-hydrogen) atoms. The molecule has 1 spiro atoms. The Kier molecular flexibility index (Phi) is 9.08. The maximum atomic E-state index is 14.8. The molecule has 1 aromatic heterocycles. The van der Waals surface area contributed by atoms with Crippen molar-refractivity contribution in [3.8, 4) is 17.6 Å². The fraction of sp³-hybridized carbons (Fsp3) is 0.500. The van der Waals surface area contributed by atoms with E-state index in [2.05, 4.69) is 22.5 Å². The Balaban J connectivity index is 1.16. The van der Waals surface area contributed by atoms with Crippen molar-refractivity contribution in [2.24, 2.45) is 5.41 Å². The number of fused-ring (bicyclic) bond motifs is 1. The smallest absolute Gasteiger partial charge is 0.406 e. The molecule has 2 atom stereocenters.